The lowest BCUT2D eigenvalue weighted by Crippen LogP contribution is -2.08. The van der Waals surface area contributed by atoms with E-state index >= 15 is 0 Å². The average Bonchev–Trinajstić information content (AvgIpc) is 2.80. The van der Waals surface area contributed by atoms with Crippen molar-refractivity contribution >= 4 is 11.4 Å². The van der Waals surface area contributed by atoms with Gasteiger partial charge in [-0.15, -0.1) is 0 Å². The number of hydrogen-bond acceptors (Lipinski definition) is 3. The van der Waals surface area contributed by atoms with Crippen LogP contribution in [0, 0.1) is 10.1 Å². The molecule has 0 atom stereocenters. The zero-order valence-corrected chi connectivity index (χ0v) is 16.5. The molecule has 0 aliphatic rings. The van der Waals surface area contributed by atoms with Crippen LogP contribution in [0.3, 0.4) is 0 Å². The average molecular weight is 394 g/mol. The fraction of sp³-hybridized carbons (Fsp3) is 0.0769. The van der Waals surface area contributed by atoms with Crippen LogP contribution in [-0.2, 0) is 13.0 Å². The van der Waals surface area contributed by atoms with Gasteiger partial charge in [-0.2, -0.15) is 0 Å². The highest BCUT2D eigenvalue weighted by molar-refractivity contribution is 5.80. The van der Waals surface area contributed by atoms with Crippen molar-refractivity contribution in [2.24, 2.45) is 0 Å². The van der Waals surface area contributed by atoms with E-state index in [-0.39, 0.29) is 10.6 Å². The summed E-state index contributed by atoms with van der Waals surface area (Å²) in [4.78, 5) is 11.5. The molecule has 0 radical (unpaired) electrons. The molecule has 0 saturated carbocycles. The minimum absolute atomic E-state index is 0.0940. The fourth-order valence-corrected chi connectivity index (χ4v) is 3.64. The van der Waals surface area contributed by atoms with Gasteiger partial charge in [0.15, 0.2) is 0 Å². The van der Waals surface area contributed by atoms with Crippen LogP contribution in [0.5, 0.6) is 0 Å². The molecular formula is C26H22N2O2. The predicted octanol–water partition coefficient (Wildman–Crippen LogP) is 6.46. The molecule has 0 aliphatic heterocycles. The minimum atomic E-state index is -0.309. The van der Waals surface area contributed by atoms with Crippen molar-refractivity contribution in [2.75, 3.05) is 5.32 Å². The Balaban J connectivity index is 1.84. The van der Waals surface area contributed by atoms with Crippen LogP contribution in [-0.4, -0.2) is 4.92 Å². The minimum Gasteiger partial charge on any atom is -0.375 e. The first-order valence-corrected chi connectivity index (χ1v) is 9.90. The summed E-state index contributed by atoms with van der Waals surface area (Å²) in [7, 11) is 0. The number of rotatable bonds is 7. The zero-order valence-electron chi connectivity index (χ0n) is 16.5. The molecule has 0 unspecified atom stereocenters. The van der Waals surface area contributed by atoms with E-state index in [4.69, 9.17) is 0 Å². The van der Waals surface area contributed by atoms with E-state index in [1.807, 2.05) is 84.9 Å². The Morgan fingerprint density at radius 2 is 1.27 bits per heavy atom. The number of nitrogens with zero attached hydrogens (tertiary/aromatic N) is 1. The third kappa shape index (κ3) is 4.39. The van der Waals surface area contributed by atoms with Gasteiger partial charge in [-0.1, -0.05) is 91.0 Å². The smallest absolute Gasteiger partial charge is 0.292 e. The largest absolute Gasteiger partial charge is 0.375 e. The molecule has 148 valence electrons. The third-order valence-electron chi connectivity index (χ3n) is 5.11. The molecular weight excluding hydrogens is 372 g/mol. The van der Waals surface area contributed by atoms with E-state index in [9.17, 15) is 10.1 Å². The lowest BCUT2D eigenvalue weighted by Gasteiger charge is -2.17. The second-order valence-corrected chi connectivity index (χ2v) is 7.11. The van der Waals surface area contributed by atoms with E-state index in [0.29, 0.717) is 18.7 Å². The van der Waals surface area contributed by atoms with Crippen molar-refractivity contribution in [1.82, 2.24) is 0 Å². The number of benzene rings is 4. The first-order valence-electron chi connectivity index (χ1n) is 9.90. The van der Waals surface area contributed by atoms with Gasteiger partial charge < -0.3 is 5.32 Å². The van der Waals surface area contributed by atoms with Gasteiger partial charge in [0.2, 0.25) is 0 Å². The number of nitro groups is 1. The maximum atomic E-state index is 11.9. The zero-order chi connectivity index (χ0) is 20.8. The molecule has 0 heterocycles. The quantitative estimate of drug-likeness (QED) is 0.289. The normalized spacial score (nSPS) is 10.5. The van der Waals surface area contributed by atoms with Crippen LogP contribution in [0.25, 0.3) is 11.1 Å². The summed E-state index contributed by atoms with van der Waals surface area (Å²) < 4.78 is 0. The Hall–Kier alpha value is -3.92. The van der Waals surface area contributed by atoms with Crippen molar-refractivity contribution in [3.05, 3.63) is 130 Å². The molecule has 0 fully saturated rings. The molecule has 4 heteroatoms. The first kappa shape index (κ1) is 19.4. The second-order valence-electron chi connectivity index (χ2n) is 7.11. The van der Waals surface area contributed by atoms with Crippen molar-refractivity contribution < 1.29 is 4.92 Å². The van der Waals surface area contributed by atoms with Crippen LogP contribution in [0.4, 0.5) is 11.4 Å². The third-order valence-corrected chi connectivity index (χ3v) is 5.11. The van der Waals surface area contributed by atoms with Crippen molar-refractivity contribution in [3.63, 3.8) is 0 Å². The van der Waals surface area contributed by atoms with Gasteiger partial charge in [0.1, 0.15) is 5.69 Å². The summed E-state index contributed by atoms with van der Waals surface area (Å²) in [5, 5.41) is 15.2. The summed E-state index contributed by atoms with van der Waals surface area (Å²) in [6.07, 6.45) is 0.601. The lowest BCUT2D eigenvalue weighted by molar-refractivity contribution is -0.384. The number of nitro benzene ring substituents is 1. The van der Waals surface area contributed by atoms with Gasteiger partial charge in [0, 0.05) is 19.0 Å². The summed E-state index contributed by atoms with van der Waals surface area (Å²) in [6.45, 7) is 0.516. The summed E-state index contributed by atoms with van der Waals surface area (Å²) in [6, 6.07) is 33.5. The maximum Gasteiger partial charge on any atom is 0.292 e. The summed E-state index contributed by atoms with van der Waals surface area (Å²) in [5.41, 5.74) is 5.82. The molecule has 0 amide bonds. The summed E-state index contributed by atoms with van der Waals surface area (Å²) >= 11 is 0. The molecule has 0 saturated heterocycles. The Morgan fingerprint density at radius 3 is 1.87 bits per heavy atom. The molecule has 0 aromatic heterocycles. The fourth-order valence-electron chi connectivity index (χ4n) is 3.64. The van der Waals surface area contributed by atoms with Gasteiger partial charge in [0.25, 0.3) is 5.69 Å². The first-order chi connectivity index (χ1) is 14.7. The Kier molecular flexibility index (Phi) is 5.85. The SMILES string of the molecule is O=[N+]([O-])c1ccc(-c2ccccc2)c(Cc2ccccc2)c1NCc1ccccc1. The van der Waals surface area contributed by atoms with E-state index in [1.54, 1.807) is 6.07 Å². The highest BCUT2D eigenvalue weighted by Crippen LogP contribution is 2.38. The molecule has 4 aromatic carbocycles. The van der Waals surface area contributed by atoms with Crippen LogP contribution in [0.15, 0.2) is 103 Å². The molecule has 0 bridgehead atoms. The molecule has 30 heavy (non-hydrogen) atoms. The lowest BCUT2D eigenvalue weighted by atomic mass is 9.92. The van der Waals surface area contributed by atoms with E-state index < -0.39 is 0 Å². The van der Waals surface area contributed by atoms with Crippen molar-refractivity contribution in [2.45, 2.75) is 13.0 Å². The van der Waals surface area contributed by atoms with Gasteiger partial charge in [-0.3, -0.25) is 10.1 Å². The van der Waals surface area contributed by atoms with Gasteiger partial charge in [0.05, 0.1) is 4.92 Å². The number of hydrogen-bond donors (Lipinski definition) is 1. The second kappa shape index (κ2) is 9.05. The Morgan fingerprint density at radius 1 is 0.700 bits per heavy atom. The molecule has 1 N–H and O–H groups in total. The van der Waals surface area contributed by atoms with E-state index in [2.05, 4.69) is 17.4 Å². The monoisotopic (exact) mass is 394 g/mol. The molecule has 4 nitrogen and oxygen atoms in total. The van der Waals surface area contributed by atoms with Crippen molar-refractivity contribution in [1.29, 1.82) is 0 Å². The molecule has 0 aliphatic carbocycles. The van der Waals surface area contributed by atoms with Crippen LogP contribution >= 0.6 is 0 Å². The van der Waals surface area contributed by atoms with Crippen LogP contribution in [0.1, 0.15) is 16.7 Å². The number of nitrogens with one attached hydrogen (secondary N) is 1. The molecule has 0 spiro atoms. The Bertz CT molecular complexity index is 1130. The van der Waals surface area contributed by atoms with E-state index in [0.717, 1.165) is 27.8 Å². The van der Waals surface area contributed by atoms with Crippen LogP contribution < -0.4 is 5.32 Å². The highest BCUT2D eigenvalue weighted by atomic mass is 16.6. The van der Waals surface area contributed by atoms with Gasteiger partial charge in [-0.25, -0.2) is 0 Å². The summed E-state index contributed by atoms with van der Waals surface area (Å²) in [5.74, 6) is 0. The highest BCUT2D eigenvalue weighted by Gasteiger charge is 2.21. The Labute approximate surface area is 176 Å². The molecule has 4 rings (SSSR count). The van der Waals surface area contributed by atoms with E-state index in [1.165, 1.54) is 0 Å². The van der Waals surface area contributed by atoms with Crippen molar-refractivity contribution in [3.8, 4) is 11.1 Å². The maximum absolute atomic E-state index is 11.9. The topological polar surface area (TPSA) is 55.2 Å². The predicted molar refractivity (Wildman–Crippen MR) is 122 cm³/mol. The van der Waals surface area contributed by atoms with Gasteiger partial charge >= 0.3 is 0 Å². The number of anilines is 1. The standard InChI is InChI=1S/C26H22N2O2/c29-28(30)25-17-16-23(22-14-8-3-9-15-22)24(18-20-10-4-1-5-11-20)26(25)27-19-21-12-6-2-7-13-21/h1-17,27H,18-19H2. The molecule has 4 aromatic rings. The van der Waals surface area contributed by atoms with Gasteiger partial charge in [-0.05, 0) is 33.9 Å². The van der Waals surface area contributed by atoms with Crippen LogP contribution in [0.2, 0.25) is 0 Å².